The maximum absolute atomic E-state index is 6.30. The van der Waals surface area contributed by atoms with Crippen LogP contribution in [-0.4, -0.2) is 6.04 Å². The van der Waals surface area contributed by atoms with Gasteiger partial charge in [-0.2, -0.15) is 0 Å². The first kappa shape index (κ1) is 11.0. The van der Waals surface area contributed by atoms with Crippen LogP contribution in [0.5, 0.6) is 0 Å². The fraction of sp³-hybridized carbons (Fsp3) is 0.538. The van der Waals surface area contributed by atoms with Crippen molar-refractivity contribution >= 4 is 12.4 Å². The molecule has 82 valence electrons. The second-order valence-corrected chi connectivity index (χ2v) is 4.85. The second kappa shape index (κ2) is 4.15. The zero-order valence-corrected chi connectivity index (χ0v) is 9.62. The Kier molecular flexibility index (Phi) is 3.03. The van der Waals surface area contributed by atoms with Gasteiger partial charge < -0.3 is 5.73 Å². The van der Waals surface area contributed by atoms with Crippen LogP contribution in [0, 0.1) is 11.8 Å². The standard InChI is InChI=1S/C13H17N.ClH/c14-13-11-7-6-10(8-11)12(13)9-4-2-1-3-5-9;/h1-5,10-13H,6-8,14H2;1H/t10-,11-,12?,13?;/m0./s1. The van der Waals surface area contributed by atoms with Crippen LogP contribution >= 0.6 is 12.4 Å². The Morgan fingerprint density at radius 3 is 2.27 bits per heavy atom. The van der Waals surface area contributed by atoms with E-state index in [-0.39, 0.29) is 12.4 Å². The number of benzene rings is 1. The molecule has 1 aromatic carbocycles. The lowest BCUT2D eigenvalue weighted by Gasteiger charge is -2.28. The number of hydrogen-bond donors (Lipinski definition) is 1. The lowest BCUT2D eigenvalue weighted by molar-refractivity contribution is 0.366. The average Bonchev–Trinajstić information content (AvgIpc) is 2.79. The molecule has 0 spiro atoms. The Bertz CT molecular complexity index is 323. The Hall–Kier alpha value is -0.530. The Labute approximate surface area is 97.5 Å². The van der Waals surface area contributed by atoms with Gasteiger partial charge in [0.05, 0.1) is 0 Å². The number of rotatable bonds is 1. The van der Waals surface area contributed by atoms with E-state index in [4.69, 9.17) is 5.73 Å². The Balaban J connectivity index is 0.000000853. The van der Waals surface area contributed by atoms with Gasteiger partial charge in [0, 0.05) is 12.0 Å². The molecule has 15 heavy (non-hydrogen) atoms. The maximum Gasteiger partial charge on any atom is 0.0139 e. The second-order valence-electron chi connectivity index (χ2n) is 4.85. The van der Waals surface area contributed by atoms with E-state index in [0.717, 1.165) is 11.8 Å². The Morgan fingerprint density at radius 1 is 1.00 bits per heavy atom. The maximum atomic E-state index is 6.30. The molecule has 0 amide bonds. The zero-order valence-electron chi connectivity index (χ0n) is 8.80. The van der Waals surface area contributed by atoms with E-state index < -0.39 is 0 Å². The van der Waals surface area contributed by atoms with Crippen molar-refractivity contribution in [3.8, 4) is 0 Å². The van der Waals surface area contributed by atoms with Crippen molar-refractivity contribution in [1.82, 2.24) is 0 Å². The van der Waals surface area contributed by atoms with Crippen LogP contribution in [0.4, 0.5) is 0 Å². The van der Waals surface area contributed by atoms with Gasteiger partial charge in [-0.3, -0.25) is 0 Å². The molecule has 3 rings (SSSR count). The van der Waals surface area contributed by atoms with Gasteiger partial charge in [0.1, 0.15) is 0 Å². The molecule has 0 aromatic heterocycles. The highest BCUT2D eigenvalue weighted by molar-refractivity contribution is 5.85. The SMILES string of the molecule is Cl.NC1C(c2ccccc2)[C@H]2CC[C@H]1C2. The summed E-state index contributed by atoms with van der Waals surface area (Å²) in [5.41, 5.74) is 7.76. The average molecular weight is 224 g/mol. The molecular weight excluding hydrogens is 206 g/mol. The highest BCUT2D eigenvalue weighted by Gasteiger charge is 2.46. The third kappa shape index (κ3) is 1.68. The van der Waals surface area contributed by atoms with Crippen molar-refractivity contribution in [3.63, 3.8) is 0 Å². The summed E-state index contributed by atoms with van der Waals surface area (Å²) in [6.07, 6.45) is 4.15. The van der Waals surface area contributed by atoms with E-state index in [1.807, 2.05) is 0 Å². The highest BCUT2D eigenvalue weighted by Crippen LogP contribution is 2.51. The van der Waals surface area contributed by atoms with Crippen LogP contribution in [0.15, 0.2) is 30.3 Å². The van der Waals surface area contributed by atoms with E-state index in [0.29, 0.717) is 12.0 Å². The van der Waals surface area contributed by atoms with Gasteiger partial charge in [0.25, 0.3) is 0 Å². The molecule has 2 fully saturated rings. The van der Waals surface area contributed by atoms with Crippen molar-refractivity contribution in [2.24, 2.45) is 17.6 Å². The smallest absolute Gasteiger partial charge is 0.0139 e. The summed E-state index contributed by atoms with van der Waals surface area (Å²) in [6, 6.07) is 11.3. The summed E-state index contributed by atoms with van der Waals surface area (Å²) in [5, 5.41) is 0. The van der Waals surface area contributed by atoms with Crippen LogP contribution in [0.25, 0.3) is 0 Å². The highest BCUT2D eigenvalue weighted by atomic mass is 35.5. The molecule has 2 saturated carbocycles. The number of halogens is 1. The summed E-state index contributed by atoms with van der Waals surface area (Å²) in [4.78, 5) is 0. The van der Waals surface area contributed by atoms with E-state index >= 15 is 0 Å². The van der Waals surface area contributed by atoms with E-state index in [1.54, 1.807) is 0 Å². The fourth-order valence-corrected chi connectivity index (χ4v) is 3.51. The molecule has 1 aromatic rings. The molecule has 2 aliphatic rings. The Morgan fingerprint density at radius 2 is 1.67 bits per heavy atom. The zero-order chi connectivity index (χ0) is 9.54. The van der Waals surface area contributed by atoms with Gasteiger partial charge in [-0.1, -0.05) is 30.3 Å². The van der Waals surface area contributed by atoms with Gasteiger partial charge in [0.2, 0.25) is 0 Å². The molecule has 2 N–H and O–H groups in total. The molecule has 0 radical (unpaired) electrons. The van der Waals surface area contributed by atoms with Crippen LogP contribution in [-0.2, 0) is 0 Å². The molecule has 0 aliphatic heterocycles. The van der Waals surface area contributed by atoms with Crippen LogP contribution in [0.1, 0.15) is 30.7 Å². The van der Waals surface area contributed by atoms with Gasteiger partial charge in [-0.25, -0.2) is 0 Å². The first-order valence-electron chi connectivity index (χ1n) is 5.67. The predicted molar refractivity (Wildman–Crippen MR) is 65.2 cm³/mol. The molecule has 2 aliphatic carbocycles. The quantitative estimate of drug-likeness (QED) is 0.779. The molecule has 0 saturated heterocycles. The number of fused-ring (bicyclic) bond motifs is 2. The summed E-state index contributed by atoms with van der Waals surface area (Å²) in [6.45, 7) is 0. The fourth-order valence-electron chi connectivity index (χ4n) is 3.51. The summed E-state index contributed by atoms with van der Waals surface area (Å²) in [5.74, 6) is 2.33. The van der Waals surface area contributed by atoms with Crippen LogP contribution < -0.4 is 5.73 Å². The summed E-state index contributed by atoms with van der Waals surface area (Å²) < 4.78 is 0. The van der Waals surface area contributed by atoms with Crippen molar-refractivity contribution in [2.75, 3.05) is 0 Å². The van der Waals surface area contributed by atoms with Gasteiger partial charge in [-0.15, -0.1) is 12.4 Å². The first-order valence-corrected chi connectivity index (χ1v) is 5.67. The van der Waals surface area contributed by atoms with E-state index in [9.17, 15) is 0 Å². The normalized spacial score (nSPS) is 37.7. The van der Waals surface area contributed by atoms with Crippen LogP contribution in [0.2, 0.25) is 0 Å². The minimum atomic E-state index is 0. The minimum absolute atomic E-state index is 0. The van der Waals surface area contributed by atoms with Gasteiger partial charge in [0.15, 0.2) is 0 Å². The third-order valence-corrected chi connectivity index (χ3v) is 4.17. The molecule has 1 nitrogen and oxygen atoms in total. The van der Waals surface area contributed by atoms with Gasteiger partial charge >= 0.3 is 0 Å². The van der Waals surface area contributed by atoms with Crippen molar-refractivity contribution in [1.29, 1.82) is 0 Å². The minimum Gasteiger partial charge on any atom is -0.327 e. The number of nitrogens with two attached hydrogens (primary N) is 1. The molecule has 2 unspecified atom stereocenters. The largest absolute Gasteiger partial charge is 0.327 e. The molecular formula is C13H18ClN. The van der Waals surface area contributed by atoms with E-state index in [2.05, 4.69) is 30.3 Å². The third-order valence-electron chi connectivity index (χ3n) is 4.17. The molecule has 2 heteroatoms. The topological polar surface area (TPSA) is 26.0 Å². The lowest BCUT2D eigenvalue weighted by Crippen LogP contribution is -2.33. The molecule has 4 atom stereocenters. The van der Waals surface area contributed by atoms with Gasteiger partial charge in [-0.05, 0) is 36.7 Å². The van der Waals surface area contributed by atoms with Crippen molar-refractivity contribution < 1.29 is 0 Å². The van der Waals surface area contributed by atoms with E-state index in [1.165, 1.54) is 24.8 Å². The lowest BCUT2D eigenvalue weighted by atomic mass is 9.80. The monoisotopic (exact) mass is 223 g/mol. The molecule has 2 bridgehead atoms. The van der Waals surface area contributed by atoms with Crippen molar-refractivity contribution in [2.45, 2.75) is 31.2 Å². The number of hydrogen-bond acceptors (Lipinski definition) is 1. The summed E-state index contributed by atoms with van der Waals surface area (Å²) >= 11 is 0. The predicted octanol–water partition coefficient (Wildman–Crippen LogP) is 2.95. The van der Waals surface area contributed by atoms with Crippen LogP contribution in [0.3, 0.4) is 0 Å². The summed E-state index contributed by atoms with van der Waals surface area (Å²) in [7, 11) is 0. The first-order chi connectivity index (χ1) is 6.86. The van der Waals surface area contributed by atoms with Crippen molar-refractivity contribution in [3.05, 3.63) is 35.9 Å². The molecule has 0 heterocycles.